The fourth-order valence-corrected chi connectivity index (χ4v) is 1.77. The van der Waals surface area contributed by atoms with Crippen molar-refractivity contribution in [1.82, 2.24) is 10.2 Å². The molecule has 1 atom stereocenters. The van der Waals surface area contributed by atoms with Gasteiger partial charge < -0.3 is 19.9 Å². The van der Waals surface area contributed by atoms with E-state index in [2.05, 4.69) is 10.2 Å². The molecule has 1 unspecified atom stereocenters. The van der Waals surface area contributed by atoms with Crippen molar-refractivity contribution in [2.45, 2.75) is 19.9 Å². The number of alkyl carbamates (subject to hydrolysis) is 1. The van der Waals surface area contributed by atoms with Gasteiger partial charge >= 0.3 is 12.1 Å². The molecule has 110 valence electrons. The summed E-state index contributed by atoms with van der Waals surface area (Å²) in [5.74, 6) is -1.25. The van der Waals surface area contributed by atoms with E-state index in [4.69, 9.17) is 14.6 Å². The maximum atomic E-state index is 11.5. The van der Waals surface area contributed by atoms with Gasteiger partial charge in [-0.05, 0) is 5.92 Å². The van der Waals surface area contributed by atoms with Crippen LogP contribution in [0.3, 0.4) is 0 Å². The van der Waals surface area contributed by atoms with Crippen LogP contribution in [0.2, 0.25) is 0 Å². The van der Waals surface area contributed by atoms with E-state index in [1.54, 1.807) is 13.8 Å². The molecule has 2 N–H and O–H groups in total. The third kappa shape index (κ3) is 5.89. The zero-order valence-electron chi connectivity index (χ0n) is 11.4. The van der Waals surface area contributed by atoms with Gasteiger partial charge in [0.1, 0.15) is 12.6 Å². The third-order valence-corrected chi connectivity index (χ3v) is 2.95. The zero-order valence-corrected chi connectivity index (χ0v) is 11.4. The van der Waals surface area contributed by atoms with Crippen LogP contribution in [-0.4, -0.2) is 67.6 Å². The summed E-state index contributed by atoms with van der Waals surface area (Å²) in [6.45, 7) is 7.39. The number of hydrogen-bond donors (Lipinski definition) is 2. The summed E-state index contributed by atoms with van der Waals surface area (Å²) in [5.41, 5.74) is 0. The van der Waals surface area contributed by atoms with Gasteiger partial charge in [0, 0.05) is 19.6 Å². The summed E-state index contributed by atoms with van der Waals surface area (Å²) in [6.07, 6.45) is -0.686. The van der Waals surface area contributed by atoms with Crippen molar-refractivity contribution in [2.24, 2.45) is 5.92 Å². The number of hydrogen-bond acceptors (Lipinski definition) is 5. The summed E-state index contributed by atoms with van der Waals surface area (Å²) in [5, 5.41) is 11.3. The number of aliphatic carboxylic acids is 1. The molecule has 1 fully saturated rings. The Hall–Kier alpha value is -1.34. The molecule has 0 aromatic carbocycles. The molecule has 1 saturated heterocycles. The molecule has 1 aliphatic rings. The molecule has 19 heavy (non-hydrogen) atoms. The first-order valence-electron chi connectivity index (χ1n) is 6.47. The molecule has 0 aromatic heterocycles. The lowest BCUT2D eigenvalue weighted by Crippen LogP contribution is -2.45. The van der Waals surface area contributed by atoms with Gasteiger partial charge in [0.15, 0.2) is 0 Å². The van der Waals surface area contributed by atoms with Crippen LogP contribution in [0, 0.1) is 5.92 Å². The van der Waals surface area contributed by atoms with Gasteiger partial charge in [0.25, 0.3) is 0 Å². The first-order valence-corrected chi connectivity index (χ1v) is 6.47. The molecule has 0 aliphatic carbocycles. The van der Waals surface area contributed by atoms with Crippen LogP contribution < -0.4 is 5.32 Å². The number of ether oxygens (including phenoxy) is 2. The Kier molecular flexibility index (Phi) is 6.58. The Morgan fingerprint density at radius 1 is 1.37 bits per heavy atom. The molecule has 7 heteroatoms. The predicted octanol–water partition coefficient (Wildman–Crippen LogP) is 0.154. The van der Waals surface area contributed by atoms with Gasteiger partial charge in [0.05, 0.1) is 13.2 Å². The fourth-order valence-electron chi connectivity index (χ4n) is 1.77. The molecule has 1 heterocycles. The highest BCUT2D eigenvalue weighted by molar-refractivity contribution is 5.80. The first kappa shape index (κ1) is 15.7. The van der Waals surface area contributed by atoms with Gasteiger partial charge in [-0.2, -0.15) is 0 Å². The lowest BCUT2D eigenvalue weighted by molar-refractivity contribution is -0.140. The summed E-state index contributed by atoms with van der Waals surface area (Å²) in [7, 11) is 0. The number of morpholine rings is 1. The molecule has 1 amide bonds. The third-order valence-electron chi connectivity index (χ3n) is 2.95. The summed E-state index contributed by atoms with van der Waals surface area (Å²) in [4.78, 5) is 24.5. The minimum Gasteiger partial charge on any atom is -0.480 e. The first-order chi connectivity index (χ1) is 9.00. The number of amides is 1. The molecular weight excluding hydrogens is 252 g/mol. The van der Waals surface area contributed by atoms with Crippen molar-refractivity contribution >= 4 is 12.1 Å². The van der Waals surface area contributed by atoms with E-state index >= 15 is 0 Å². The second-order valence-corrected chi connectivity index (χ2v) is 4.79. The van der Waals surface area contributed by atoms with Crippen LogP contribution in [0.15, 0.2) is 0 Å². The topological polar surface area (TPSA) is 88.1 Å². The highest BCUT2D eigenvalue weighted by Crippen LogP contribution is 2.02. The highest BCUT2D eigenvalue weighted by Gasteiger charge is 2.24. The Labute approximate surface area is 112 Å². The zero-order chi connectivity index (χ0) is 14.3. The lowest BCUT2D eigenvalue weighted by Gasteiger charge is -2.26. The Bertz CT molecular complexity index is 302. The maximum Gasteiger partial charge on any atom is 0.407 e. The van der Waals surface area contributed by atoms with Crippen molar-refractivity contribution < 1.29 is 24.2 Å². The van der Waals surface area contributed by atoms with E-state index in [1.807, 2.05) is 0 Å². The largest absolute Gasteiger partial charge is 0.480 e. The molecule has 0 saturated carbocycles. The van der Waals surface area contributed by atoms with Gasteiger partial charge in [-0.15, -0.1) is 0 Å². The number of rotatable bonds is 6. The van der Waals surface area contributed by atoms with Crippen LogP contribution in [0.1, 0.15) is 13.8 Å². The average Bonchev–Trinajstić information content (AvgIpc) is 2.36. The summed E-state index contributed by atoms with van der Waals surface area (Å²) >= 11 is 0. The van der Waals surface area contributed by atoms with E-state index in [-0.39, 0.29) is 12.5 Å². The number of carboxylic acids is 1. The Morgan fingerprint density at radius 3 is 2.53 bits per heavy atom. The minimum atomic E-state index is -1.06. The lowest BCUT2D eigenvalue weighted by atomic mass is 10.1. The second-order valence-electron chi connectivity index (χ2n) is 4.79. The van der Waals surface area contributed by atoms with E-state index < -0.39 is 18.1 Å². The van der Waals surface area contributed by atoms with Crippen molar-refractivity contribution in [1.29, 1.82) is 0 Å². The van der Waals surface area contributed by atoms with Gasteiger partial charge in [-0.3, -0.25) is 4.90 Å². The number of carboxylic acid groups (broad SMARTS) is 1. The highest BCUT2D eigenvalue weighted by atomic mass is 16.5. The molecule has 0 spiro atoms. The van der Waals surface area contributed by atoms with E-state index in [9.17, 15) is 9.59 Å². The van der Waals surface area contributed by atoms with Crippen molar-refractivity contribution in [3.8, 4) is 0 Å². The van der Waals surface area contributed by atoms with Gasteiger partial charge in [-0.25, -0.2) is 9.59 Å². The summed E-state index contributed by atoms with van der Waals surface area (Å²) in [6, 6.07) is -0.920. The Balaban J connectivity index is 2.21. The maximum absolute atomic E-state index is 11.5. The number of carbonyl (C=O) groups is 2. The van der Waals surface area contributed by atoms with Crippen LogP contribution in [0.4, 0.5) is 4.79 Å². The fraction of sp³-hybridized carbons (Fsp3) is 0.833. The molecule has 1 aliphatic heterocycles. The van der Waals surface area contributed by atoms with Crippen LogP contribution >= 0.6 is 0 Å². The number of nitrogens with one attached hydrogen (secondary N) is 1. The molecule has 0 bridgehead atoms. The molecule has 0 aromatic rings. The van der Waals surface area contributed by atoms with Crippen molar-refractivity contribution in [3.63, 3.8) is 0 Å². The van der Waals surface area contributed by atoms with Crippen LogP contribution in [-0.2, 0) is 14.3 Å². The number of nitrogens with zero attached hydrogens (tertiary/aromatic N) is 1. The van der Waals surface area contributed by atoms with Crippen LogP contribution in [0.25, 0.3) is 0 Å². The van der Waals surface area contributed by atoms with Crippen molar-refractivity contribution in [3.05, 3.63) is 0 Å². The van der Waals surface area contributed by atoms with Gasteiger partial charge in [0.2, 0.25) is 0 Å². The minimum absolute atomic E-state index is 0.190. The second kappa shape index (κ2) is 7.96. The summed E-state index contributed by atoms with van der Waals surface area (Å²) < 4.78 is 10.2. The molecule has 7 nitrogen and oxygen atoms in total. The SMILES string of the molecule is CC(C)C(NC(=O)OCCN1CCOCC1)C(=O)O. The Morgan fingerprint density at radius 2 is 2.00 bits per heavy atom. The quantitative estimate of drug-likeness (QED) is 0.717. The standard InChI is InChI=1S/C12H22N2O5/c1-9(2)10(11(15)16)13-12(17)19-8-5-14-3-6-18-7-4-14/h9-10H,3-8H2,1-2H3,(H,13,17)(H,15,16). The predicted molar refractivity (Wildman–Crippen MR) is 68.0 cm³/mol. The average molecular weight is 274 g/mol. The van der Waals surface area contributed by atoms with E-state index in [1.165, 1.54) is 0 Å². The monoisotopic (exact) mass is 274 g/mol. The van der Waals surface area contributed by atoms with E-state index in [0.717, 1.165) is 13.1 Å². The van der Waals surface area contributed by atoms with Crippen molar-refractivity contribution in [2.75, 3.05) is 39.5 Å². The van der Waals surface area contributed by atoms with Gasteiger partial charge in [-0.1, -0.05) is 13.8 Å². The van der Waals surface area contributed by atoms with Crippen LogP contribution in [0.5, 0.6) is 0 Å². The molecule has 1 rings (SSSR count). The smallest absolute Gasteiger partial charge is 0.407 e. The normalized spacial score (nSPS) is 18.1. The number of carbonyl (C=O) groups excluding carboxylic acids is 1. The molecular formula is C12H22N2O5. The van der Waals surface area contributed by atoms with E-state index in [0.29, 0.717) is 19.8 Å². The molecule has 0 radical (unpaired) electrons.